The third kappa shape index (κ3) is 5.09. The van der Waals surface area contributed by atoms with Crippen molar-refractivity contribution in [3.8, 4) is 0 Å². The predicted octanol–water partition coefficient (Wildman–Crippen LogP) is 2.30. The van der Waals surface area contributed by atoms with Crippen molar-refractivity contribution in [2.24, 2.45) is 5.92 Å². The summed E-state index contributed by atoms with van der Waals surface area (Å²) in [6.07, 6.45) is 3.00. The lowest BCUT2D eigenvalue weighted by Crippen LogP contribution is -2.58. The first-order valence-electron chi connectivity index (χ1n) is 7.64. The largest absolute Gasteiger partial charge is 0.460 e. The first-order valence-corrected chi connectivity index (χ1v) is 8.79. The van der Waals surface area contributed by atoms with Crippen LogP contribution in [-0.2, 0) is 9.53 Å². The van der Waals surface area contributed by atoms with Crippen molar-refractivity contribution >= 4 is 23.8 Å². The normalized spacial score (nSPS) is 20.9. The molecule has 2 amide bonds. The monoisotopic (exact) mass is 314 g/mol. The van der Waals surface area contributed by atoms with Crippen molar-refractivity contribution in [1.82, 2.24) is 10.6 Å². The zero-order valence-corrected chi connectivity index (χ0v) is 14.0. The van der Waals surface area contributed by atoms with Gasteiger partial charge in [0.15, 0.2) is 0 Å². The van der Waals surface area contributed by atoms with Crippen LogP contribution in [0.3, 0.4) is 0 Å². The van der Waals surface area contributed by atoms with E-state index in [1.165, 1.54) is 0 Å². The van der Waals surface area contributed by atoms with Gasteiger partial charge in [0.2, 0.25) is 0 Å². The Labute approximate surface area is 130 Å². The molecule has 0 spiro atoms. The van der Waals surface area contributed by atoms with E-state index in [4.69, 9.17) is 4.74 Å². The Morgan fingerprint density at radius 2 is 1.95 bits per heavy atom. The molecule has 2 rings (SSSR count). The summed E-state index contributed by atoms with van der Waals surface area (Å²) in [5.41, 5.74) is -0.882. The van der Waals surface area contributed by atoms with Crippen LogP contribution in [-0.4, -0.2) is 41.2 Å². The highest BCUT2D eigenvalue weighted by Crippen LogP contribution is 2.35. The first-order chi connectivity index (χ1) is 9.78. The minimum Gasteiger partial charge on any atom is -0.460 e. The summed E-state index contributed by atoms with van der Waals surface area (Å²) in [6.45, 7) is 6.29. The molecule has 1 heterocycles. The van der Waals surface area contributed by atoms with E-state index >= 15 is 0 Å². The topological polar surface area (TPSA) is 67.4 Å². The van der Waals surface area contributed by atoms with E-state index in [1.807, 2.05) is 32.5 Å². The first kappa shape index (κ1) is 16.5. The maximum absolute atomic E-state index is 12.0. The van der Waals surface area contributed by atoms with Crippen LogP contribution in [0.1, 0.15) is 46.5 Å². The van der Waals surface area contributed by atoms with E-state index in [2.05, 4.69) is 10.6 Å². The molecule has 0 atom stereocenters. The maximum atomic E-state index is 12.0. The Morgan fingerprint density at radius 1 is 1.29 bits per heavy atom. The number of thioether (sulfide) groups is 1. The molecule has 1 saturated heterocycles. The van der Waals surface area contributed by atoms with Crippen molar-refractivity contribution in [1.29, 1.82) is 0 Å². The summed E-state index contributed by atoms with van der Waals surface area (Å²) in [4.78, 5) is 24.0. The Morgan fingerprint density at radius 3 is 2.38 bits per heavy atom. The maximum Gasteiger partial charge on any atom is 0.315 e. The fraction of sp³-hybridized carbons (Fsp3) is 0.867. The fourth-order valence-corrected chi connectivity index (χ4v) is 3.33. The van der Waals surface area contributed by atoms with Crippen molar-refractivity contribution in [2.45, 2.75) is 57.6 Å². The number of carbonyl (C=O) groups excluding carboxylic acids is 2. The minimum absolute atomic E-state index is 0.157. The van der Waals surface area contributed by atoms with E-state index in [1.54, 1.807) is 0 Å². The highest BCUT2D eigenvalue weighted by Gasteiger charge is 2.41. The van der Waals surface area contributed by atoms with E-state index in [0.717, 1.165) is 37.3 Å². The van der Waals surface area contributed by atoms with Gasteiger partial charge in [0, 0.05) is 6.54 Å². The number of urea groups is 1. The standard InChI is InChI=1S/C15H26N2O3S/c1-14(2,3)20-12(18)7-15(5-4-6-15)17-13(19)16-8-11-9-21-10-11/h11H,4-10H2,1-3H3,(H2,16,17,19). The second kappa shape index (κ2) is 6.46. The Hall–Kier alpha value is -0.910. The van der Waals surface area contributed by atoms with Gasteiger partial charge in [0.1, 0.15) is 5.60 Å². The number of ether oxygens (including phenoxy) is 1. The van der Waals surface area contributed by atoms with Crippen LogP contribution >= 0.6 is 11.8 Å². The number of hydrogen-bond donors (Lipinski definition) is 2. The molecule has 6 heteroatoms. The van der Waals surface area contributed by atoms with Gasteiger partial charge in [-0.1, -0.05) is 0 Å². The van der Waals surface area contributed by atoms with Gasteiger partial charge in [0.25, 0.3) is 0 Å². The molecule has 0 aromatic rings. The highest BCUT2D eigenvalue weighted by atomic mass is 32.2. The quantitative estimate of drug-likeness (QED) is 0.764. The van der Waals surface area contributed by atoms with Crippen molar-refractivity contribution in [2.75, 3.05) is 18.1 Å². The molecule has 2 aliphatic rings. The zero-order chi connectivity index (χ0) is 15.5. The van der Waals surface area contributed by atoms with E-state index in [0.29, 0.717) is 5.92 Å². The van der Waals surface area contributed by atoms with Gasteiger partial charge in [-0.05, 0) is 57.5 Å². The number of amides is 2. The van der Waals surface area contributed by atoms with E-state index < -0.39 is 11.1 Å². The summed E-state index contributed by atoms with van der Waals surface area (Å²) in [5, 5.41) is 5.91. The van der Waals surface area contributed by atoms with Crippen molar-refractivity contribution in [3.05, 3.63) is 0 Å². The summed E-state index contributed by atoms with van der Waals surface area (Å²) >= 11 is 1.91. The van der Waals surface area contributed by atoms with Crippen LogP contribution < -0.4 is 10.6 Å². The third-order valence-electron chi connectivity index (χ3n) is 3.85. The summed E-state index contributed by atoms with van der Waals surface area (Å²) in [6, 6.07) is -0.157. The Balaban J connectivity index is 1.77. The van der Waals surface area contributed by atoms with Gasteiger partial charge >= 0.3 is 12.0 Å². The second-order valence-electron chi connectivity index (χ2n) is 7.14. The number of esters is 1. The SMILES string of the molecule is CC(C)(C)OC(=O)CC1(NC(=O)NCC2CSC2)CCC1. The molecular weight excluding hydrogens is 288 g/mol. The van der Waals surface area contributed by atoms with E-state index in [-0.39, 0.29) is 18.4 Å². The van der Waals surface area contributed by atoms with Crippen LogP contribution in [0.2, 0.25) is 0 Å². The van der Waals surface area contributed by atoms with Crippen molar-refractivity contribution in [3.63, 3.8) is 0 Å². The number of carbonyl (C=O) groups is 2. The molecule has 5 nitrogen and oxygen atoms in total. The number of hydrogen-bond acceptors (Lipinski definition) is 4. The minimum atomic E-state index is -0.480. The average molecular weight is 314 g/mol. The van der Waals surface area contributed by atoms with Gasteiger partial charge in [-0.3, -0.25) is 4.79 Å². The lowest BCUT2D eigenvalue weighted by atomic mass is 9.74. The van der Waals surface area contributed by atoms with Crippen molar-refractivity contribution < 1.29 is 14.3 Å². The van der Waals surface area contributed by atoms with Crippen LogP contribution in [0.4, 0.5) is 4.79 Å². The fourth-order valence-electron chi connectivity index (χ4n) is 2.53. The summed E-state index contributed by atoms with van der Waals surface area (Å²) in [5.74, 6) is 2.62. The van der Waals surface area contributed by atoms with Crippen LogP contribution in [0.25, 0.3) is 0 Å². The third-order valence-corrected chi connectivity index (χ3v) is 5.26. The van der Waals surface area contributed by atoms with Gasteiger partial charge in [-0.2, -0.15) is 11.8 Å². The van der Waals surface area contributed by atoms with Gasteiger partial charge < -0.3 is 15.4 Å². The molecule has 0 aromatic heterocycles. The zero-order valence-electron chi connectivity index (χ0n) is 13.2. The van der Waals surface area contributed by atoms with E-state index in [9.17, 15) is 9.59 Å². The number of nitrogens with one attached hydrogen (secondary N) is 2. The number of rotatable bonds is 5. The molecule has 120 valence electrons. The Kier molecular flexibility index (Phi) is 5.07. The molecule has 1 aliphatic carbocycles. The van der Waals surface area contributed by atoms with Crippen LogP contribution in [0.15, 0.2) is 0 Å². The Bertz CT molecular complexity index is 398. The molecule has 0 radical (unpaired) electrons. The van der Waals surface area contributed by atoms with Gasteiger partial charge in [-0.25, -0.2) is 4.79 Å². The lowest BCUT2D eigenvalue weighted by molar-refractivity contribution is -0.157. The molecule has 2 fully saturated rings. The molecular formula is C15H26N2O3S. The molecule has 2 N–H and O–H groups in total. The lowest BCUT2D eigenvalue weighted by Gasteiger charge is -2.42. The summed E-state index contributed by atoms with van der Waals surface area (Å²) < 4.78 is 5.36. The van der Waals surface area contributed by atoms with Crippen LogP contribution in [0, 0.1) is 5.92 Å². The molecule has 1 aliphatic heterocycles. The smallest absolute Gasteiger partial charge is 0.315 e. The summed E-state index contributed by atoms with van der Waals surface area (Å²) in [7, 11) is 0. The van der Waals surface area contributed by atoms with Gasteiger partial charge in [0.05, 0.1) is 12.0 Å². The average Bonchev–Trinajstić information content (AvgIpc) is 2.21. The highest BCUT2D eigenvalue weighted by molar-refractivity contribution is 8.00. The molecule has 21 heavy (non-hydrogen) atoms. The molecule has 0 unspecified atom stereocenters. The molecule has 0 aromatic carbocycles. The molecule has 0 bridgehead atoms. The molecule has 1 saturated carbocycles. The second-order valence-corrected chi connectivity index (χ2v) is 8.21. The van der Waals surface area contributed by atoms with Gasteiger partial charge in [-0.15, -0.1) is 0 Å². The van der Waals surface area contributed by atoms with Crippen LogP contribution in [0.5, 0.6) is 0 Å². The predicted molar refractivity (Wildman–Crippen MR) is 84.4 cm³/mol.